The van der Waals surface area contributed by atoms with Gasteiger partial charge in [-0.25, -0.2) is 19.0 Å². The monoisotopic (exact) mass is 802 g/mol. The number of aliphatic hydroxyl groups excluding tert-OH is 2. The van der Waals surface area contributed by atoms with E-state index in [4.69, 9.17) is 34.3 Å². The highest BCUT2D eigenvalue weighted by molar-refractivity contribution is 7.47. The predicted octanol–water partition coefficient (Wildman–Crippen LogP) is 7.13. The van der Waals surface area contributed by atoms with Gasteiger partial charge in [0.15, 0.2) is 5.82 Å². The SMILES string of the molecule is CCCCCCCCCCCCCCCCCCOCC(COP(=O)(O)OC[C@@]1(C)O[C@@H](c2ccc3c(N)ncnn23)[C@H](O)[C@@H]1O)OCc1ccc(C#N)nc1. The Morgan fingerprint density at radius 2 is 1.57 bits per heavy atom. The molecule has 4 heterocycles. The van der Waals surface area contributed by atoms with Crippen LogP contribution < -0.4 is 5.73 Å². The Hall–Kier alpha value is -3.03. The molecule has 1 fully saturated rings. The van der Waals surface area contributed by atoms with Crippen LogP contribution >= 0.6 is 7.82 Å². The molecule has 0 aromatic carbocycles. The number of rotatable bonds is 29. The number of ether oxygens (including phenoxy) is 3. The first-order chi connectivity index (χ1) is 27.1. The van der Waals surface area contributed by atoms with Crippen molar-refractivity contribution in [2.45, 2.75) is 153 Å². The summed E-state index contributed by atoms with van der Waals surface area (Å²) in [6.07, 6.45) is 18.6. The van der Waals surface area contributed by atoms with Crippen LogP contribution in [0.2, 0.25) is 0 Å². The molecule has 6 atom stereocenters. The molecule has 0 bridgehead atoms. The summed E-state index contributed by atoms with van der Waals surface area (Å²) < 4.78 is 43.0. The average molecular weight is 803 g/mol. The molecule has 4 rings (SSSR count). The fraction of sp³-hybridized carbons (Fsp3) is 0.700. The second-order valence-corrected chi connectivity index (χ2v) is 16.5. The first-order valence-electron chi connectivity index (χ1n) is 20.3. The average Bonchev–Trinajstić information content (AvgIpc) is 3.73. The molecule has 5 N–H and O–H groups in total. The molecule has 56 heavy (non-hydrogen) atoms. The summed E-state index contributed by atoms with van der Waals surface area (Å²) >= 11 is 0. The quantitative estimate of drug-likeness (QED) is 0.0406. The lowest BCUT2D eigenvalue weighted by Crippen LogP contribution is -2.44. The van der Waals surface area contributed by atoms with E-state index < -0.39 is 44.4 Å². The Bertz CT molecular complexity index is 1660. The van der Waals surface area contributed by atoms with Gasteiger partial charge in [0.05, 0.1) is 32.1 Å². The number of aromatic nitrogens is 4. The molecule has 2 unspecified atom stereocenters. The van der Waals surface area contributed by atoms with Gasteiger partial charge in [-0.15, -0.1) is 0 Å². The van der Waals surface area contributed by atoms with E-state index in [1.54, 1.807) is 24.3 Å². The van der Waals surface area contributed by atoms with Gasteiger partial charge in [0.1, 0.15) is 53.6 Å². The highest BCUT2D eigenvalue weighted by atomic mass is 31.2. The van der Waals surface area contributed by atoms with E-state index >= 15 is 0 Å². The summed E-state index contributed by atoms with van der Waals surface area (Å²) in [5, 5.41) is 35.0. The van der Waals surface area contributed by atoms with Gasteiger partial charge >= 0.3 is 7.82 Å². The van der Waals surface area contributed by atoms with Crippen LogP contribution in [0.15, 0.2) is 36.8 Å². The largest absolute Gasteiger partial charge is 0.472 e. The molecule has 0 spiro atoms. The first-order valence-corrected chi connectivity index (χ1v) is 21.8. The number of pyridine rings is 1. The summed E-state index contributed by atoms with van der Waals surface area (Å²) in [6, 6.07) is 8.58. The van der Waals surface area contributed by atoms with E-state index in [0.717, 1.165) is 19.3 Å². The number of aliphatic hydroxyl groups is 2. The fourth-order valence-corrected chi connectivity index (χ4v) is 7.67. The maximum absolute atomic E-state index is 13.1. The normalized spacial score (nSPS) is 21.3. The minimum atomic E-state index is -4.70. The molecule has 16 heteroatoms. The van der Waals surface area contributed by atoms with Crippen molar-refractivity contribution in [2.24, 2.45) is 0 Å². The molecule has 312 valence electrons. The Morgan fingerprint density at radius 1 is 0.929 bits per heavy atom. The van der Waals surface area contributed by atoms with Gasteiger partial charge in [0.25, 0.3) is 0 Å². The van der Waals surface area contributed by atoms with Crippen LogP contribution in [-0.4, -0.2) is 85.0 Å². The van der Waals surface area contributed by atoms with Crippen molar-refractivity contribution >= 4 is 19.2 Å². The predicted molar refractivity (Wildman–Crippen MR) is 211 cm³/mol. The molecular formula is C40H63N6O9P. The highest BCUT2D eigenvalue weighted by Gasteiger charge is 2.53. The van der Waals surface area contributed by atoms with Crippen molar-refractivity contribution in [1.29, 1.82) is 5.26 Å². The number of nitriles is 1. The van der Waals surface area contributed by atoms with Gasteiger partial charge in [-0.3, -0.25) is 9.05 Å². The lowest BCUT2D eigenvalue weighted by molar-refractivity contribution is -0.102. The lowest BCUT2D eigenvalue weighted by Gasteiger charge is -2.28. The van der Waals surface area contributed by atoms with E-state index in [2.05, 4.69) is 22.0 Å². The number of anilines is 1. The summed E-state index contributed by atoms with van der Waals surface area (Å²) in [5.41, 5.74) is 6.23. The number of phosphoric ester groups is 1. The van der Waals surface area contributed by atoms with E-state index in [-0.39, 0.29) is 31.3 Å². The van der Waals surface area contributed by atoms with Crippen molar-refractivity contribution < 1.29 is 42.9 Å². The Kier molecular flexibility index (Phi) is 19.6. The smallest absolute Gasteiger partial charge is 0.387 e. The molecule has 3 aromatic heterocycles. The molecule has 0 radical (unpaired) electrons. The third kappa shape index (κ3) is 14.7. The minimum Gasteiger partial charge on any atom is -0.387 e. The van der Waals surface area contributed by atoms with E-state index in [1.807, 2.05) is 6.07 Å². The van der Waals surface area contributed by atoms with Crippen LogP contribution in [0.25, 0.3) is 5.52 Å². The standard InChI is InChI=1S/C40H63N6O9P/c1-3-4-5-6-7-8-9-10-11-12-13-14-15-16-17-18-23-51-27-33(52-26-31-19-20-32(24-41)43-25-31)28-53-56(49,50)54-29-40(2)38(48)36(47)37(55-40)34-21-22-35-39(42)44-30-45-46(34)35/h19-22,25,30,33,36-38,47-48H,3-18,23,26-29H2,1-2H3,(H,49,50)(H2,42,44,45)/t33?,36-,37-,38-,40+/m0/s1. The van der Waals surface area contributed by atoms with Crippen molar-refractivity contribution in [2.75, 3.05) is 32.2 Å². The van der Waals surface area contributed by atoms with E-state index in [0.29, 0.717) is 23.4 Å². The van der Waals surface area contributed by atoms with Gasteiger partial charge in [0, 0.05) is 12.8 Å². The van der Waals surface area contributed by atoms with Crippen LogP contribution in [0.5, 0.6) is 0 Å². The Labute approximate surface area is 331 Å². The third-order valence-corrected chi connectivity index (χ3v) is 11.2. The van der Waals surface area contributed by atoms with Crippen LogP contribution in [0.4, 0.5) is 5.82 Å². The molecule has 0 aliphatic carbocycles. The number of hydrogen-bond acceptors (Lipinski definition) is 13. The van der Waals surface area contributed by atoms with Crippen LogP contribution in [0.3, 0.4) is 0 Å². The molecule has 0 amide bonds. The zero-order valence-corrected chi connectivity index (χ0v) is 34.1. The van der Waals surface area contributed by atoms with Crippen LogP contribution in [0.1, 0.15) is 140 Å². The zero-order chi connectivity index (χ0) is 40.2. The number of nitrogen functional groups attached to an aromatic ring is 1. The minimum absolute atomic E-state index is 0.105. The molecule has 1 aliphatic heterocycles. The zero-order valence-electron chi connectivity index (χ0n) is 33.2. The van der Waals surface area contributed by atoms with E-state index in [1.165, 1.54) is 107 Å². The number of phosphoric acid groups is 1. The number of fused-ring (bicyclic) bond motifs is 1. The maximum atomic E-state index is 13.1. The third-order valence-electron chi connectivity index (χ3n) is 10.3. The topological polar surface area (TPSA) is 217 Å². The summed E-state index contributed by atoms with van der Waals surface area (Å²) in [4.78, 5) is 18.6. The van der Waals surface area contributed by atoms with Gasteiger partial charge in [-0.05, 0) is 37.1 Å². The second-order valence-electron chi connectivity index (χ2n) is 15.0. The number of hydrogen-bond donors (Lipinski definition) is 4. The number of nitrogens with two attached hydrogens (primary N) is 1. The molecule has 15 nitrogen and oxygen atoms in total. The second kappa shape index (κ2) is 24.0. The molecule has 0 saturated carbocycles. The van der Waals surface area contributed by atoms with Crippen molar-refractivity contribution in [3.63, 3.8) is 0 Å². The molecular weight excluding hydrogens is 739 g/mol. The lowest BCUT2D eigenvalue weighted by atomic mass is 9.97. The van der Waals surface area contributed by atoms with Gasteiger partial charge in [-0.1, -0.05) is 109 Å². The van der Waals surface area contributed by atoms with Crippen molar-refractivity contribution in [3.8, 4) is 6.07 Å². The molecule has 1 aliphatic rings. The van der Waals surface area contributed by atoms with Crippen LogP contribution in [0, 0.1) is 11.3 Å². The number of unbranched alkanes of at least 4 members (excludes halogenated alkanes) is 15. The van der Waals surface area contributed by atoms with Crippen molar-refractivity contribution in [1.82, 2.24) is 19.6 Å². The van der Waals surface area contributed by atoms with Gasteiger partial charge < -0.3 is 35.1 Å². The fourth-order valence-electron chi connectivity index (χ4n) is 6.83. The van der Waals surface area contributed by atoms with E-state index in [9.17, 15) is 19.7 Å². The molecule has 1 saturated heterocycles. The Morgan fingerprint density at radius 3 is 2.18 bits per heavy atom. The highest BCUT2D eigenvalue weighted by Crippen LogP contribution is 2.47. The number of nitrogens with zero attached hydrogens (tertiary/aromatic N) is 5. The molecule has 3 aromatic rings. The first kappa shape index (κ1) is 45.7. The van der Waals surface area contributed by atoms with Gasteiger partial charge in [-0.2, -0.15) is 10.4 Å². The van der Waals surface area contributed by atoms with Crippen molar-refractivity contribution in [3.05, 3.63) is 53.7 Å². The van der Waals surface area contributed by atoms with Gasteiger partial charge in [0.2, 0.25) is 0 Å². The Balaban J connectivity index is 1.16. The summed E-state index contributed by atoms with van der Waals surface area (Å²) in [7, 11) is -4.70. The summed E-state index contributed by atoms with van der Waals surface area (Å²) in [5.74, 6) is 0.227. The van der Waals surface area contributed by atoms with Crippen LogP contribution in [-0.2, 0) is 34.4 Å². The summed E-state index contributed by atoms with van der Waals surface area (Å²) in [6.45, 7) is 3.54. The maximum Gasteiger partial charge on any atom is 0.472 e.